The standard InChI is InChI=1S/C16H21N7O3/c1-23(2)5-6-26-9-3-4-10-11(7-9)22-15(21-10)16(14(18)25)12(13(17)24)19-8-20-16/h3-4,7,20H,5-6,8H2,1-2H3,(H2,17,24)(H2,18,25)(H,21,22). The van der Waals surface area contributed by atoms with E-state index in [1.54, 1.807) is 18.2 Å². The van der Waals surface area contributed by atoms with Crippen molar-refractivity contribution in [3.63, 3.8) is 0 Å². The maximum absolute atomic E-state index is 12.2. The van der Waals surface area contributed by atoms with E-state index in [0.29, 0.717) is 23.4 Å². The zero-order valence-corrected chi connectivity index (χ0v) is 14.6. The maximum atomic E-state index is 12.2. The fourth-order valence-electron chi connectivity index (χ4n) is 2.82. The van der Waals surface area contributed by atoms with Crippen molar-refractivity contribution in [1.29, 1.82) is 0 Å². The monoisotopic (exact) mass is 359 g/mol. The summed E-state index contributed by atoms with van der Waals surface area (Å²) >= 11 is 0. The molecule has 10 heteroatoms. The van der Waals surface area contributed by atoms with E-state index in [1.165, 1.54) is 0 Å². The first-order valence-corrected chi connectivity index (χ1v) is 8.02. The van der Waals surface area contributed by atoms with Gasteiger partial charge in [0, 0.05) is 12.6 Å². The number of likely N-dealkylation sites (N-methyl/N-ethyl adjacent to an activating group) is 1. The molecule has 1 atom stereocenters. The summed E-state index contributed by atoms with van der Waals surface area (Å²) in [4.78, 5) is 37.3. The van der Waals surface area contributed by atoms with Gasteiger partial charge < -0.3 is 26.1 Å². The lowest BCUT2D eigenvalue weighted by atomic mass is 9.91. The Morgan fingerprint density at radius 3 is 2.77 bits per heavy atom. The largest absolute Gasteiger partial charge is 0.492 e. The first-order valence-electron chi connectivity index (χ1n) is 8.02. The molecule has 1 aliphatic heterocycles. The second kappa shape index (κ2) is 6.73. The third kappa shape index (κ3) is 3.00. The number of amides is 2. The van der Waals surface area contributed by atoms with Crippen molar-refractivity contribution in [2.24, 2.45) is 16.5 Å². The lowest BCUT2D eigenvalue weighted by molar-refractivity contribution is -0.123. The Bertz CT molecular complexity index is 889. The number of carbonyl (C=O) groups is 2. The zero-order valence-electron chi connectivity index (χ0n) is 14.6. The van der Waals surface area contributed by atoms with Gasteiger partial charge in [-0.3, -0.25) is 19.9 Å². The molecule has 3 rings (SSSR count). The van der Waals surface area contributed by atoms with Crippen LogP contribution >= 0.6 is 0 Å². The van der Waals surface area contributed by atoms with Gasteiger partial charge in [-0.15, -0.1) is 0 Å². The van der Waals surface area contributed by atoms with Gasteiger partial charge in [0.25, 0.3) is 11.8 Å². The maximum Gasteiger partial charge on any atom is 0.265 e. The number of benzene rings is 1. The number of H-pyrrole nitrogens is 1. The van der Waals surface area contributed by atoms with Crippen molar-refractivity contribution in [1.82, 2.24) is 20.2 Å². The van der Waals surface area contributed by atoms with Crippen LogP contribution in [0.3, 0.4) is 0 Å². The fourth-order valence-corrected chi connectivity index (χ4v) is 2.82. The van der Waals surface area contributed by atoms with Crippen LogP contribution in [0.4, 0.5) is 0 Å². The summed E-state index contributed by atoms with van der Waals surface area (Å²) in [6.07, 6.45) is 0. The molecule has 138 valence electrons. The predicted molar refractivity (Wildman–Crippen MR) is 95.6 cm³/mol. The smallest absolute Gasteiger partial charge is 0.265 e. The lowest BCUT2D eigenvalue weighted by Gasteiger charge is -2.23. The van der Waals surface area contributed by atoms with Gasteiger partial charge in [-0.2, -0.15) is 0 Å². The van der Waals surface area contributed by atoms with Crippen LogP contribution in [0.1, 0.15) is 5.82 Å². The van der Waals surface area contributed by atoms with Crippen LogP contribution in [0.15, 0.2) is 23.2 Å². The number of rotatable bonds is 7. The van der Waals surface area contributed by atoms with E-state index in [1.807, 2.05) is 19.0 Å². The second-order valence-corrected chi connectivity index (χ2v) is 6.24. The number of hydrogen-bond donors (Lipinski definition) is 4. The quantitative estimate of drug-likeness (QED) is 0.481. The van der Waals surface area contributed by atoms with Gasteiger partial charge in [0.1, 0.15) is 23.9 Å². The van der Waals surface area contributed by atoms with Gasteiger partial charge in [-0.25, -0.2) is 4.98 Å². The van der Waals surface area contributed by atoms with Crippen molar-refractivity contribution in [2.75, 3.05) is 33.9 Å². The van der Waals surface area contributed by atoms with Gasteiger partial charge in [0.2, 0.25) is 5.54 Å². The van der Waals surface area contributed by atoms with E-state index in [-0.39, 0.29) is 18.2 Å². The van der Waals surface area contributed by atoms with Crippen LogP contribution in [0, 0.1) is 0 Å². The summed E-state index contributed by atoms with van der Waals surface area (Å²) in [6.45, 7) is 1.35. The minimum atomic E-state index is -1.67. The van der Waals surface area contributed by atoms with Crippen molar-refractivity contribution in [3.05, 3.63) is 24.0 Å². The highest BCUT2D eigenvalue weighted by Crippen LogP contribution is 2.28. The molecule has 26 heavy (non-hydrogen) atoms. The highest BCUT2D eigenvalue weighted by molar-refractivity contribution is 6.46. The second-order valence-electron chi connectivity index (χ2n) is 6.24. The summed E-state index contributed by atoms with van der Waals surface area (Å²) < 4.78 is 5.70. The Labute approximate surface area is 149 Å². The number of ether oxygens (including phenoxy) is 1. The molecule has 2 heterocycles. The van der Waals surface area contributed by atoms with E-state index in [9.17, 15) is 9.59 Å². The van der Waals surface area contributed by atoms with Crippen molar-refractivity contribution < 1.29 is 14.3 Å². The lowest BCUT2D eigenvalue weighted by Crippen LogP contribution is -2.58. The molecule has 1 aliphatic rings. The van der Waals surface area contributed by atoms with E-state index >= 15 is 0 Å². The molecule has 1 aromatic carbocycles. The number of primary amides is 2. The molecular formula is C16H21N7O3. The fraction of sp³-hybridized carbons (Fsp3) is 0.375. The van der Waals surface area contributed by atoms with Gasteiger partial charge in [0.15, 0.2) is 0 Å². The number of aromatic nitrogens is 2. The summed E-state index contributed by atoms with van der Waals surface area (Å²) in [6, 6.07) is 5.31. The zero-order chi connectivity index (χ0) is 18.9. The molecule has 0 saturated carbocycles. The van der Waals surface area contributed by atoms with E-state index < -0.39 is 17.4 Å². The molecular weight excluding hydrogens is 338 g/mol. The van der Waals surface area contributed by atoms with Gasteiger partial charge in [-0.1, -0.05) is 0 Å². The third-order valence-corrected chi connectivity index (χ3v) is 4.16. The third-order valence-electron chi connectivity index (χ3n) is 4.16. The van der Waals surface area contributed by atoms with Crippen LogP contribution < -0.4 is 21.5 Å². The Morgan fingerprint density at radius 1 is 1.35 bits per heavy atom. The molecule has 0 radical (unpaired) electrons. The van der Waals surface area contributed by atoms with E-state index in [2.05, 4.69) is 20.3 Å². The highest BCUT2D eigenvalue weighted by Gasteiger charge is 2.51. The molecule has 2 amide bonds. The van der Waals surface area contributed by atoms with Gasteiger partial charge in [0.05, 0.1) is 17.7 Å². The molecule has 6 N–H and O–H groups in total. The number of imidazole rings is 1. The normalized spacial score (nSPS) is 19.7. The molecule has 0 saturated heterocycles. The minimum absolute atomic E-state index is 0.0388. The Morgan fingerprint density at radius 2 is 2.12 bits per heavy atom. The van der Waals surface area contributed by atoms with Crippen LogP contribution in [-0.4, -0.2) is 66.3 Å². The molecule has 0 bridgehead atoms. The Balaban J connectivity index is 1.96. The van der Waals surface area contributed by atoms with Crippen molar-refractivity contribution >= 4 is 28.6 Å². The van der Waals surface area contributed by atoms with E-state index in [4.69, 9.17) is 16.2 Å². The molecule has 0 aliphatic carbocycles. The number of carbonyl (C=O) groups excluding carboxylic acids is 2. The molecule has 2 aromatic rings. The van der Waals surface area contributed by atoms with Gasteiger partial charge in [-0.05, 0) is 26.2 Å². The van der Waals surface area contributed by atoms with Crippen LogP contribution in [0.25, 0.3) is 11.0 Å². The summed E-state index contributed by atoms with van der Waals surface area (Å²) in [7, 11) is 3.92. The molecule has 10 nitrogen and oxygen atoms in total. The molecule has 1 unspecified atom stereocenters. The molecule has 1 aromatic heterocycles. The average molecular weight is 359 g/mol. The SMILES string of the molecule is CN(C)CCOc1ccc2nc(C3(C(N)=O)NCN=C3C(N)=O)[nH]c2c1. The molecule has 0 spiro atoms. The number of nitrogens with zero attached hydrogens (tertiary/aromatic N) is 3. The van der Waals surface area contributed by atoms with Crippen LogP contribution in [-0.2, 0) is 15.1 Å². The minimum Gasteiger partial charge on any atom is -0.492 e. The number of fused-ring (bicyclic) bond motifs is 1. The highest BCUT2D eigenvalue weighted by atomic mass is 16.5. The number of aromatic amines is 1. The van der Waals surface area contributed by atoms with Crippen molar-refractivity contribution in [2.45, 2.75) is 5.54 Å². The number of nitrogens with two attached hydrogens (primary N) is 2. The van der Waals surface area contributed by atoms with E-state index in [0.717, 1.165) is 6.54 Å². The topological polar surface area (TPSA) is 152 Å². The van der Waals surface area contributed by atoms with Gasteiger partial charge >= 0.3 is 0 Å². The van der Waals surface area contributed by atoms with Crippen LogP contribution in [0.5, 0.6) is 5.75 Å². The van der Waals surface area contributed by atoms with Crippen LogP contribution in [0.2, 0.25) is 0 Å². The predicted octanol–water partition coefficient (Wildman–Crippen LogP) is -1.33. The number of aliphatic imine (C=N–C) groups is 1. The van der Waals surface area contributed by atoms with Crippen molar-refractivity contribution in [3.8, 4) is 5.75 Å². The summed E-state index contributed by atoms with van der Waals surface area (Å²) in [5.41, 5.74) is 10.3. The summed E-state index contributed by atoms with van der Waals surface area (Å²) in [5.74, 6) is -0.817. The Kier molecular flexibility index (Phi) is 4.62. The summed E-state index contributed by atoms with van der Waals surface area (Å²) in [5, 5.41) is 2.83. The first kappa shape index (κ1) is 17.8. The Hall–Kier alpha value is -2.98. The average Bonchev–Trinajstić information content (AvgIpc) is 3.18. The number of nitrogens with one attached hydrogen (secondary N) is 2. The molecule has 0 fully saturated rings. The number of hydrogen-bond acceptors (Lipinski definition) is 7. The first-order chi connectivity index (χ1) is 12.3.